The number of amides is 1. The number of nitrogens with zero attached hydrogens (tertiary/aromatic N) is 1. The van der Waals surface area contributed by atoms with Gasteiger partial charge in [-0.2, -0.15) is 0 Å². The van der Waals surface area contributed by atoms with E-state index in [-0.39, 0.29) is 23.9 Å². The van der Waals surface area contributed by atoms with E-state index < -0.39 is 0 Å². The van der Waals surface area contributed by atoms with E-state index in [4.69, 9.17) is 5.73 Å². The molecule has 1 aliphatic heterocycles. The van der Waals surface area contributed by atoms with Crippen molar-refractivity contribution in [2.75, 3.05) is 13.1 Å². The molecule has 0 bridgehead atoms. The van der Waals surface area contributed by atoms with Crippen molar-refractivity contribution in [2.24, 2.45) is 11.1 Å². The third-order valence-electron chi connectivity index (χ3n) is 3.86. The first kappa shape index (κ1) is 10.6. The van der Waals surface area contributed by atoms with E-state index in [0.29, 0.717) is 0 Å². The third-order valence-corrected chi connectivity index (χ3v) is 3.86. The fraction of sp³-hybridized carbons (Fsp3) is 0.818. The third kappa shape index (κ3) is 1.78. The van der Waals surface area contributed by atoms with Crippen LogP contribution < -0.4 is 5.73 Å². The predicted molar refractivity (Wildman–Crippen MR) is 56.1 cm³/mol. The van der Waals surface area contributed by atoms with E-state index in [1.54, 1.807) is 4.90 Å². The fourth-order valence-corrected chi connectivity index (χ4v) is 3.10. The number of rotatable bonds is 2. The molecule has 0 aromatic rings. The first-order valence-electron chi connectivity index (χ1n) is 5.66. The minimum Gasteiger partial charge on any atom is -0.331 e. The van der Waals surface area contributed by atoms with Crippen LogP contribution in [0.5, 0.6) is 0 Å². The molecule has 1 aliphatic carbocycles. The molecular formula is C11H18N2O2. The van der Waals surface area contributed by atoms with E-state index in [1.165, 1.54) is 12.8 Å². The second-order valence-electron chi connectivity index (χ2n) is 4.84. The van der Waals surface area contributed by atoms with Crippen LogP contribution in [0.25, 0.3) is 0 Å². The van der Waals surface area contributed by atoms with E-state index in [0.717, 1.165) is 32.1 Å². The highest BCUT2D eigenvalue weighted by molar-refractivity contribution is 5.82. The van der Waals surface area contributed by atoms with Crippen molar-refractivity contribution < 1.29 is 9.59 Å². The Hall–Kier alpha value is -0.900. The first-order valence-corrected chi connectivity index (χ1v) is 5.66. The van der Waals surface area contributed by atoms with Crippen LogP contribution in [0.1, 0.15) is 32.1 Å². The van der Waals surface area contributed by atoms with Gasteiger partial charge in [-0.05, 0) is 24.7 Å². The number of likely N-dealkylation sites (tertiary alicyclic amines) is 1. The molecule has 2 rings (SSSR count). The number of aldehydes is 1. The first-order chi connectivity index (χ1) is 7.21. The van der Waals surface area contributed by atoms with E-state index >= 15 is 0 Å². The van der Waals surface area contributed by atoms with Crippen molar-refractivity contribution in [2.45, 2.75) is 38.1 Å². The number of carbonyl (C=O) groups is 2. The van der Waals surface area contributed by atoms with Crippen LogP contribution >= 0.6 is 0 Å². The molecule has 2 fully saturated rings. The highest BCUT2D eigenvalue weighted by Gasteiger charge is 2.46. The second kappa shape index (κ2) is 3.93. The van der Waals surface area contributed by atoms with Gasteiger partial charge in [0.2, 0.25) is 5.91 Å². The molecule has 84 valence electrons. The molecule has 15 heavy (non-hydrogen) atoms. The van der Waals surface area contributed by atoms with Gasteiger partial charge in [0.15, 0.2) is 0 Å². The molecule has 0 radical (unpaired) electrons. The zero-order valence-corrected chi connectivity index (χ0v) is 8.95. The molecule has 1 amide bonds. The van der Waals surface area contributed by atoms with Gasteiger partial charge in [0, 0.05) is 6.54 Å². The summed E-state index contributed by atoms with van der Waals surface area (Å²) in [7, 11) is 0. The Labute approximate surface area is 89.8 Å². The van der Waals surface area contributed by atoms with Gasteiger partial charge in [0.1, 0.15) is 6.29 Å². The standard InChI is InChI=1S/C11H18N2O2/c12-6-10(15)13-8-11(3-1-2-4-11)5-9(13)7-14/h7,9H,1-6,8,12H2/t9-/m0/s1. The number of hydrogen-bond donors (Lipinski definition) is 1. The van der Waals surface area contributed by atoms with Crippen molar-refractivity contribution >= 4 is 12.2 Å². The summed E-state index contributed by atoms with van der Waals surface area (Å²) in [6, 6.07) is -0.223. The fourth-order valence-electron chi connectivity index (χ4n) is 3.10. The Morgan fingerprint density at radius 1 is 1.47 bits per heavy atom. The number of hydrogen-bond acceptors (Lipinski definition) is 3. The van der Waals surface area contributed by atoms with Gasteiger partial charge in [0.25, 0.3) is 0 Å². The van der Waals surface area contributed by atoms with Crippen LogP contribution in [-0.4, -0.2) is 36.2 Å². The molecule has 0 aromatic carbocycles. The average molecular weight is 210 g/mol. The SMILES string of the molecule is NCC(=O)N1CC2(CCCC2)C[C@H]1C=O. The molecule has 0 unspecified atom stereocenters. The van der Waals surface area contributed by atoms with Crippen LogP contribution in [0.15, 0.2) is 0 Å². The number of nitrogens with two attached hydrogens (primary N) is 1. The lowest BCUT2D eigenvalue weighted by molar-refractivity contribution is -0.133. The van der Waals surface area contributed by atoms with Gasteiger partial charge in [-0.15, -0.1) is 0 Å². The summed E-state index contributed by atoms with van der Waals surface area (Å²) in [6.07, 6.45) is 6.53. The second-order valence-corrected chi connectivity index (χ2v) is 4.84. The highest BCUT2D eigenvalue weighted by Crippen LogP contribution is 2.47. The minimum absolute atomic E-state index is 0.0143. The van der Waals surface area contributed by atoms with Crippen LogP contribution in [-0.2, 0) is 9.59 Å². The summed E-state index contributed by atoms with van der Waals surface area (Å²) in [5.74, 6) is -0.0872. The molecule has 4 nitrogen and oxygen atoms in total. The molecule has 0 aromatic heterocycles. The molecule has 2 aliphatic rings. The molecule has 1 heterocycles. The smallest absolute Gasteiger partial charge is 0.236 e. The summed E-state index contributed by atoms with van der Waals surface area (Å²) < 4.78 is 0. The monoisotopic (exact) mass is 210 g/mol. The Morgan fingerprint density at radius 2 is 2.13 bits per heavy atom. The van der Waals surface area contributed by atoms with Crippen molar-refractivity contribution in [3.05, 3.63) is 0 Å². The lowest BCUT2D eigenvalue weighted by atomic mass is 9.84. The van der Waals surface area contributed by atoms with Gasteiger partial charge >= 0.3 is 0 Å². The lowest BCUT2D eigenvalue weighted by Gasteiger charge is -2.23. The predicted octanol–water partition coefficient (Wildman–Crippen LogP) is 0.305. The Kier molecular flexibility index (Phi) is 2.78. The largest absolute Gasteiger partial charge is 0.331 e. The van der Waals surface area contributed by atoms with Crippen molar-refractivity contribution in [1.82, 2.24) is 4.90 Å². The molecule has 2 N–H and O–H groups in total. The van der Waals surface area contributed by atoms with Crippen LogP contribution in [0.4, 0.5) is 0 Å². The van der Waals surface area contributed by atoms with Gasteiger partial charge in [-0.3, -0.25) is 4.79 Å². The summed E-state index contributed by atoms with van der Waals surface area (Å²) in [4.78, 5) is 24.2. The van der Waals surface area contributed by atoms with Gasteiger partial charge in [-0.25, -0.2) is 0 Å². The normalized spacial score (nSPS) is 28.6. The van der Waals surface area contributed by atoms with Gasteiger partial charge < -0.3 is 15.4 Å². The van der Waals surface area contributed by atoms with E-state index in [1.807, 2.05) is 0 Å². The maximum absolute atomic E-state index is 11.6. The van der Waals surface area contributed by atoms with E-state index in [9.17, 15) is 9.59 Å². The quantitative estimate of drug-likeness (QED) is 0.667. The van der Waals surface area contributed by atoms with Crippen LogP contribution in [0.2, 0.25) is 0 Å². The van der Waals surface area contributed by atoms with Crippen molar-refractivity contribution in [3.63, 3.8) is 0 Å². The Balaban J connectivity index is 2.12. The Bertz CT molecular complexity index is 272. The minimum atomic E-state index is -0.223. The van der Waals surface area contributed by atoms with Crippen LogP contribution in [0, 0.1) is 5.41 Å². The zero-order valence-electron chi connectivity index (χ0n) is 8.95. The maximum Gasteiger partial charge on any atom is 0.236 e. The molecular weight excluding hydrogens is 192 g/mol. The molecule has 1 spiro atoms. The molecule has 1 saturated carbocycles. The van der Waals surface area contributed by atoms with Crippen molar-refractivity contribution in [1.29, 1.82) is 0 Å². The number of carbonyl (C=O) groups excluding carboxylic acids is 2. The topological polar surface area (TPSA) is 63.4 Å². The Morgan fingerprint density at radius 3 is 2.67 bits per heavy atom. The van der Waals surface area contributed by atoms with Crippen molar-refractivity contribution in [3.8, 4) is 0 Å². The molecule has 1 saturated heterocycles. The summed E-state index contributed by atoms with van der Waals surface area (Å²) in [6.45, 7) is 0.757. The lowest BCUT2D eigenvalue weighted by Crippen LogP contribution is -2.40. The maximum atomic E-state index is 11.6. The zero-order chi connectivity index (χ0) is 10.9. The molecule has 1 atom stereocenters. The summed E-state index contributed by atoms with van der Waals surface area (Å²) >= 11 is 0. The van der Waals surface area contributed by atoms with Gasteiger partial charge in [0.05, 0.1) is 12.6 Å². The van der Waals surface area contributed by atoms with Crippen LogP contribution in [0.3, 0.4) is 0 Å². The highest BCUT2D eigenvalue weighted by atomic mass is 16.2. The summed E-state index contributed by atoms with van der Waals surface area (Å²) in [5.41, 5.74) is 5.58. The summed E-state index contributed by atoms with van der Waals surface area (Å²) in [5, 5.41) is 0. The molecule has 4 heteroatoms. The van der Waals surface area contributed by atoms with Gasteiger partial charge in [-0.1, -0.05) is 12.8 Å². The average Bonchev–Trinajstić information content (AvgIpc) is 2.85. The van der Waals surface area contributed by atoms with E-state index in [2.05, 4.69) is 0 Å².